The zero-order valence-electron chi connectivity index (χ0n) is 12.0. The van der Waals surface area contributed by atoms with Gasteiger partial charge < -0.3 is 4.42 Å². The van der Waals surface area contributed by atoms with Crippen LogP contribution in [-0.4, -0.2) is 0 Å². The second-order valence-electron chi connectivity index (χ2n) is 4.80. The summed E-state index contributed by atoms with van der Waals surface area (Å²) in [6.07, 6.45) is 0. The predicted octanol–water partition coefficient (Wildman–Crippen LogP) is 3.72. The van der Waals surface area contributed by atoms with Gasteiger partial charge in [0.2, 0.25) is 5.43 Å². The van der Waals surface area contributed by atoms with E-state index in [0.717, 1.165) is 0 Å². The van der Waals surface area contributed by atoms with E-state index in [-0.39, 0.29) is 22.6 Å². The van der Waals surface area contributed by atoms with E-state index in [2.05, 4.69) is 0 Å². The van der Waals surface area contributed by atoms with Crippen LogP contribution in [-0.2, 0) is 0 Å². The largest absolute Gasteiger partial charge is 0.453 e. The third kappa shape index (κ3) is 2.50. The Morgan fingerprint density at radius 2 is 1.09 bits per heavy atom. The summed E-state index contributed by atoms with van der Waals surface area (Å²) in [5.74, 6) is 0.354. The average molecular weight is 298 g/mol. The molecule has 23 heavy (non-hydrogen) atoms. The van der Waals surface area contributed by atoms with Crippen molar-refractivity contribution in [3.63, 3.8) is 0 Å². The zero-order valence-corrected chi connectivity index (χ0v) is 12.0. The van der Waals surface area contributed by atoms with E-state index in [1.807, 2.05) is 24.3 Å². The van der Waals surface area contributed by atoms with Gasteiger partial charge in [-0.05, 0) is 0 Å². The van der Waals surface area contributed by atoms with Crippen molar-refractivity contribution in [2.75, 3.05) is 0 Å². The van der Waals surface area contributed by atoms with E-state index < -0.39 is 5.43 Å². The van der Waals surface area contributed by atoms with E-state index in [4.69, 9.17) is 4.42 Å². The standard InChI is InChI=1S/C19H10N2O2/c20-11-15-17(22)16(12-21)19(14-9-5-2-6-10-14)23-18(15)13-7-3-1-4-8-13/h1-10H. The van der Waals surface area contributed by atoms with E-state index in [0.29, 0.717) is 11.1 Å². The molecule has 0 N–H and O–H groups in total. The van der Waals surface area contributed by atoms with Crippen molar-refractivity contribution in [2.24, 2.45) is 0 Å². The molecule has 4 nitrogen and oxygen atoms in total. The highest BCUT2D eigenvalue weighted by molar-refractivity contribution is 5.72. The minimum absolute atomic E-state index is 0.160. The van der Waals surface area contributed by atoms with Gasteiger partial charge in [0.05, 0.1) is 0 Å². The van der Waals surface area contributed by atoms with Crippen molar-refractivity contribution >= 4 is 0 Å². The molecule has 0 unspecified atom stereocenters. The molecule has 0 bridgehead atoms. The van der Waals surface area contributed by atoms with Crippen LogP contribution in [0.2, 0.25) is 0 Å². The highest BCUT2D eigenvalue weighted by Gasteiger charge is 2.21. The minimum Gasteiger partial charge on any atom is -0.453 e. The Hall–Kier alpha value is -3.63. The smallest absolute Gasteiger partial charge is 0.221 e. The lowest BCUT2D eigenvalue weighted by atomic mass is 10.0. The summed E-state index contributed by atoms with van der Waals surface area (Å²) in [5, 5.41) is 18.6. The lowest BCUT2D eigenvalue weighted by Gasteiger charge is -2.08. The van der Waals surface area contributed by atoms with Gasteiger partial charge in [0.15, 0.2) is 11.5 Å². The molecule has 0 spiro atoms. The van der Waals surface area contributed by atoms with Crippen LogP contribution in [0.3, 0.4) is 0 Å². The van der Waals surface area contributed by atoms with Gasteiger partial charge in [-0.3, -0.25) is 4.79 Å². The molecule has 3 rings (SSSR count). The van der Waals surface area contributed by atoms with E-state index in [1.165, 1.54) is 0 Å². The molecule has 0 fully saturated rings. The van der Waals surface area contributed by atoms with Crippen LogP contribution in [0.5, 0.6) is 0 Å². The number of nitrogens with zero attached hydrogens (tertiary/aromatic N) is 2. The Morgan fingerprint density at radius 3 is 1.43 bits per heavy atom. The fraction of sp³-hybridized carbons (Fsp3) is 0. The first-order valence-corrected chi connectivity index (χ1v) is 6.88. The molecule has 3 aromatic rings. The third-order valence-electron chi connectivity index (χ3n) is 3.41. The molecule has 0 amide bonds. The highest BCUT2D eigenvalue weighted by Crippen LogP contribution is 2.29. The molecule has 2 aromatic carbocycles. The summed E-state index contributed by atoms with van der Waals surface area (Å²) >= 11 is 0. The molecule has 0 aliphatic heterocycles. The molecule has 0 atom stereocenters. The number of benzene rings is 2. The van der Waals surface area contributed by atoms with E-state index in [9.17, 15) is 15.3 Å². The molecule has 0 radical (unpaired) electrons. The molecule has 1 heterocycles. The predicted molar refractivity (Wildman–Crippen MR) is 85.3 cm³/mol. The van der Waals surface area contributed by atoms with Gasteiger partial charge in [-0.1, -0.05) is 60.7 Å². The summed E-state index contributed by atoms with van der Waals surface area (Å²) in [4.78, 5) is 12.5. The Bertz CT molecular complexity index is 913. The van der Waals surface area contributed by atoms with Crippen LogP contribution in [0.1, 0.15) is 11.1 Å². The maximum atomic E-state index is 12.5. The highest BCUT2D eigenvalue weighted by atomic mass is 16.3. The molecule has 0 aliphatic rings. The third-order valence-corrected chi connectivity index (χ3v) is 3.41. The Balaban J connectivity index is 2.39. The summed E-state index contributed by atoms with van der Waals surface area (Å²) in [6, 6.07) is 21.5. The van der Waals surface area contributed by atoms with Gasteiger partial charge in [0.25, 0.3) is 0 Å². The Morgan fingerprint density at radius 1 is 0.696 bits per heavy atom. The first-order chi connectivity index (χ1) is 11.3. The lowest BCUT2D eigenvalue weighted by molar-refractivity contribution is 0.576. The van der Waals surface area contributed by atoms with Crippen LogP contribution in [0.4, 0.5) is 0 Å². The maximum Gasteiger partial charge on any atom is 0.221 e. The molecule has 1 aromatic heterocycles. The van der Waals surface area contributed by atoms with Crippen molar-refractivity contribution in [3.8, 4) is 34.8 Å². The van der Waals surface area contributed by atoms with Crippen molar-refractivity contribution in [2.45, 2.75) is 0 Å². The second kappa shape index (κ2) is 6.01. The van der Waals surface area contributed by atoms with E-state index >= 15 is 0 Å². The Labute approximate surface area is 132 Å². The SMILES string of the molecule is N#Cc1c(-c2ccccc2)oc(-c2ccccc2)c(C#N)c1=O. The van der Waals surface area contributed by atoms with Crippen LogP contribution in [0, 0.1) is 22.7 Å². The van der Waals surface area contributed by atoms with Crippen LogP contribution >= 0.6 is 0 Å². The van der Waals surface area contributed by atoms with Crippen molar-refractivity contribution in [1.29, 1.82) is 10.5 Å². The average Bonchev–Trinajstić information content (AvgIpc) is 2.62. The Kier molecular flexibility index (Phi) is 3.74. The molecular formula is C19H10N2O2. The minimum atomic E-state index is -0.612. The summed E-state index contributed by atoms with van der Waals surface area (Å²) in [7, 11) is 0. The fourth-order valence-corrected chi connectivity index (χ4v) is 2.32. The second-order valence-corrected chi connectivity index (χ2v) is 4.80. The number of nitriles is 2. The van der Waals surface area contributed by atoms with Crippen LogP contribution in [0.25, 0.3) is 22.6 Å². The molecular weight excluding hydrogens is 288 g/mol. The fourth-order valence-electron chi connectivity index (χ4n) is 2.32. The normalized spacial score (nSPS) is 9.83. The van der Waals surface area contributed by atoms with E-state index in [1.54, 1.807) is 48.5 Å². The molecule has 108 valence electrons. The van der Waals surface area contributed by atoms with Gasteiger partial charge in [-0.2, -0.15) is 10.5 Å². The summed E-state index contributed by atoms with van der Waals surface area (Å²) in [6.45, 7) is 0. The number of hydrogen-bond acceptors (Lipinski definition) is 4. The molecule has 0 aliphatic carbocycles. The quantitative estimate of drug-likeness (QED) is 0.722. The van der Waals surface area contributed by atoms with Gasteiger partial charge in [-0.15, -0.1) is 0 Å². The van der Waals surface area contributed by atoms with Gasteiger partial charge in [-0.25, -0.2) is 0 Å². The summed E-state index contributed by atoms with van der Waals surface area (Å²) in [5.41, 5.74) is 0.296. The van der Waals surface area contributed by atoms with Crippen molar-refractivity contribution in [1.82, 2.24) is 0 Å². The van der Waals surface area contributed by atoms with Gasteiger partial charge in [0, 0.05) is 11.1 Å². The van der Waals surface area contributed by atoms with Crippen molar-refractivity contribution in [3.05, 3.63) is 82.0 Å². The zero-order chi connectivity index (χ0) is 16.2. The summed E-state index contributed by atoms with van der Waals surface area (Å²) < 4.78 is 5.83. The van der Waals surface area contributed by atoms with Crippen LogP contribution in [0.15, 0.2) is 69.9 Å². The van der Waals surface area contributed by atoms with Crippen molar-refractivity contribution < 1.29 is 4.42 Å². The molecule has 4 heteroatoms. The first-order valence-electron chi connectivity index (χ1n) is 6.88. The maximum absolute atomic E-state index is 12.5. The lowest BCUT2D eigenvalue weighted by Crippen LogP contribution is -2.13. The first kappa shape index (κ1) is 14.3. The van der Waals surface area contributed by atoms with Crippen LogP contribution < -0.4 is 5.43 Å². The topological polar surface area (TPSA) is 77.8 Å². The number of rotatable bonds is 2. The van der Waals surface area contributed by atoms with Gasteiger partial charge >= 0.3 is 0 Å². The van der Waals surface area contributed by atoms with Gasteiger partial charge in [0.1, 0.15) is 23.3 Å². The molecule has 0 saturated carbocycles. The molecule has 0 saturated heterocycles. The monoisotopic (exact) mass is 298 g/mol. The number of hydrogen-bond donors (Lipinski definition) is 0.